The van der Waals surface area contributed by atoms with Crippen molar-refractivity contribution in [1.29, 1.82) is 5.26 Å². The molecule has 0 aromatic carbocycles. The number of nitrogens with zero attached hydrogens (tertiary/aromatic N) is 3. The number of nitrogens with one attached hydrogen (secondary N) is 1. The molecule has 13 heavy (non-hydrogen) atoms. The number of nitriles is 1. The van der Waals surface area contributed by atoms with Gasteiger partial charge in [0.05, 0.1) is 12.4 Å². The molecule has 0 atom stereocenters. The van der Waals surface area contributed by atoms with Crippen molar-refractivity contribution < 1.29 is 0 Å². The first kappa shape index (κ1) is 7.99. The molecule has 0 saturated heterocycles. The molecule has 0 spiro atoms. The van der Waals surface area contributed by atoms with Gasteiger partial charge in [-0.3, -0.25) is 0 Å². The standard InChI is InChI=1S/C9H10N4/c1-9(2-3-9)13-8-6-11-7(4-10)5-12-8/h5-6H,2-3H2,1H3,(H,12,13). The van der Waals surface area contributed by atoms with Crippen molar-refractivity contribution in [3.05, 3.63) is 18.1 Å². The van der Waals surface area contributed by atoms with Crippen molar-refractivity contribution in [2.75, 3.05) is 5.32 Å². The summed E-state index contributed by atoms with van der Waals surface area (Å²) >= 11 is 0. The maximum absolute atomic E-state index is 8.50. The molecule has 1 aliphatic rings. The molecule has 1 N–H and O–H groups in total. The number of rotatable bonds is 2. The number of anilines is 1. The summed E-state index contributed by atoms with van der Waals surface area (Å²) in [5.74, 6) is 0.749. The Labute approximate surface area is 76.6 Å². The molecule has 66 valence electrons. The van der Waals surface area contributed by atoms with E-state index in [4.69, 9.17) is 5.26 Å². The summed E-state index contributed by atoms with van der Waals surface area (Å²) < 4.78 is 0. The highest BCUT2D eigenvalue weighted by Gasteiger charge is 2.37. The molecule has 0 amide bonds. The number of aromatic nitrogens is 2. The summed E-state index contributed by atoms with van der Waals surface area (Å²) in [6, 6.07) is 1.93. The number of hydrogen-bond acceptors (Lipinski definition) is 4. The van der Waals surface area contributed by atoms with E-state index in [9.17, 15) is 0 Å². The van der Waals surface area contributed by atoms with Crippen molar-refractivity contribution in [2.45, 2.75) is 25.3 Å². The summed E-state index contributed by atoms with van der Waals surface area (Å²) in [4.78, 5) is 8.00. The Morgan fingerprint density at radius 3 is 2.69 bits per heavy atom. The summed E-state index contributed by atoms with van der Waals surface area (Å²) in [6.45, 7) is 2.15. The van der Waals surface area contributed by atoms with E-state index in [1.54, 1.807) is 6.20 Å². The fraction of sp³-hybridized carbons (Fsp3) is 0.444. The van der Waals surface area contributed by atoms with Gasteiger partial charge < -0.3 is 5.32 Å². The van der Waals surface area contributed by atoms with Crippen LogP contribution in [0.4, 0.5) is 5.82 Å². The molecule has 0 unspecified atom stereocenters. The molecular formula is C9H10N4. The first-order valence-electron chi connectivity index (χ1n) is 4.22. The van der Waals surface area contributed by atoms with Gasteiger partial charge in [-0.05, 0) is 19.8 Å². The molecule has 1 saturated carbocycles. The maximum Gasteiger partial charge on any atom is 0.158 e. The Bertz CT molecular complexity index is 345. The van der Waals surface area contributed by atoms with Gasteiger partial charge in [-0.1, -0.05) is 0 Å². The van der Waals surface area contributed by atoms with E-state index in [0.717, 1.165) is 5.82 Å². The van der Waals surface area contributed by atoms with E-state index in [2.05, 4.69) is 22.2 Å². The Morgan fingerprint density at radius 1 is 1.46 bits per heavy atom. The molecule has 0 bridgehead atoms. The van der Waals surface area contributed by atoms with Crippen LogP contribution in [0.5, 0.6) is 0 Å². The summed E-state index contributed by atoms with van der Waals surface area (Å²) in [5.41, 5.74) is 0.564. The van der Waals surface area contributed by atoms with E-state index in [1.165, 1.54) is 19.0 Å². The van der Waals surface area contributed by atoms with Crippen molar-refractivity contribution in [2.24, 2.45) is 0 Å². The lowest BCUT2D eigenvalue weighted by atomic mass is 10.3. The molecule has 4 heteroatoms. The van der Waals surface area contributed by atoms with Crippen LogP contribution in [0.3, 0.4) is 0 Å². The highest BCUT2D eigenvalue weighted by molar-refractivity contribution is 5.38. The van der Waals surface area contributed by atoms with Gasteiger partial charge in [0.1, 0.15) is 11.9 Å². The molecule has 1 aromatic heterocycles. The Morgan fingerprint density at radius 2 is 2.23 bits per heavy atom. The third kappa shape index (κ3) is 1.75. The maximum atomic E-state index is 8.50. The van der Waals surface area contributed by atoms with E-state index in [-0.39, 0.29) is 5.54 Å². The van der Waals surface area contributed by atoms with E-state index < -0.39 is 0 Å². The van der Waals surface area contributed by atoms with Crippen molar-refractivity contribution in [3.63, 3.8) is 0 Å². The first-order valence-corrected chi connectivity index (χ1v) is 4.22. The fourth-order valence-corrected chi connectivity index (χ4v) is 1.07. The second-order valence-electron chi connectivity index (χ2n) is 3.58. The van der Waals surface area contributed by atoms with Gasteiger partial charge in [0.25, 0.3) is 0 Å². The normalized spacial score (nSPS) is 17.5. The van der Waals surface area contributed by atoms with Crippen LogP contribution in [0.2, 0.25) is 0 Å². The second-order valence-corrected chi connectivity index (χ2v) is 3.58. The topological polar surface area (TPSA) is 61.6 Å². The monoisotopic (exact) mass is 174 g/mol. The zero-order valence-electron chi connectivity index (χ0n) is 7.41. The average Bonchev–Trinajstić information content (AvgIpc) is 2.85. The van der Waals surface area contributed by atoms with Crippen LogP contribution in [0, 0.1) is 11.3 Å². The van der Waals surface area contributed by atoms with Gasteiger partial charge in [-0.25, -0.2) is 9.97 Å². The van der Waals surface area contributed by atoms with Crippen LogP contribution in [0.1, 0.15) is 25.5 Å². The molecule has 1 aliphatic carbocycles. The average molecular weight is 174 g/mol. The molecule has 1 aromatic rings. The lowest BCUT2D eigenvalue weighted by Crippen LogP contribution is -2.16. The molecule has 1 heterocycles. The van der Waals surface area contributed by atoms with Gasteiger partial charge in [-0.15, -0.1) is 0 Å². The van der Waals surface area contributed by atoms with Gasteiger partial charge in [-0.2, -0.15) is 5.26 Å². The summed E-state index contributed by atoms with van der Waals surface area (Å²) in [7, 11) is 0. The number of hydrogen-bond donors (Lipinski definition) is 1. The molecule has 0 aliphatic heterocycles. The van der Waals surface area contributed by atoms with Gasteiger partial charge in [0, 0.05) is 5.54 Å². The van der Waals surface area contributed by atoms with E-state index in [1.807, 2.05) is 6.07 Å². The Hall–Kier alpha value is -1.63. The molecular weight excluding hydrogens is 164 g/mol. The van der Waals surface area contributed by atoms with E-state index in [0.29, 0.717) is 5.69 Å². The van der Waals surface area contributed by atoms with Gasteiger partial charge >= 0.3 is 0 Å². The van der Waals surface area contributed by atoms with E-state index >= 15 is 0 Å². The van der Waals surface area contributed by atoms with Crippen LogP contribution < -0.4 is 5.32 Å². The lowest BCUT2D eigenvalue weighted by molar-refractivity contribution is 0.818. The molecule has 0 radical (unpaired) electrons. The second kappa shape index (κ2) is 2.70. The Kier molecular flexibility index (Phi) is 1.66. The SMILES string of the molecule is CC1(Nc2cnc(C#N)cn2)CC1. The van der Waals surface area contributed by atoms with Crippen LogP contribution in [0.25, 0.3) is 0 Å². The zero-order valence-corrected chi connectivity index (χ0v) is 7.41. The molecule has 2 rings (SSSR count). The fourth-order valence-electron chi connectivity index (χ4n) is 1.07. The minimum Gasteiger partial charge on any atom is -0.364 e. The Balaban J connectivity index is 2.10. The highest BCUT2D eigenvalue weighted by Crippen LogP contribution is 2.37. The largest absolute Gasteiger partial charge is 0.364 e. The molecule has 1 fully saturated rings. The smallest absolute Gasteiger partial charge is 0.158 e. The minimum atomic E-state index is 0.211. The predicted octanol–water partition coefficient (Wildman–Crippen LogP) is 1.31. The van der Waals surface area contributed by atoms with Crippen LogP contribution >= 0.6 is 0 Å². The van der Waals surface area contributed by atoms with Crippen molar-refractivity contribution >= 4 is 5.82 Å². The first-order chi connectivity index (χ1) is 6.22. The lowest BCUT2D eigenvalue weighted by Gasteiger charge is -2.10. The minimum absolute atomic E-state index is 0.211. The van der Waals surface area contributed by atoms with Gasteiger partial charge in [0.15, 0.2) is 5.69 Å². The predicted molar refractivity (Wildman–Crippen MR) is 48.0 cm³/mol. The van der Waals surface area contributed by atoms with Gasteiger partial charge in [0.2, 0.25) is 0 Å². The van der Waals surface area contributed by atoms with Crippen LogP contribution in [-0.4, -0.2) is 15.5 Å². The third-order valence-electron chi connectivity index (χ3n) is 2.20. The zero-order chi connectivity index (χ0) is 9.31. The third-order valence-corrected chi connectivity index (χ3v) is 2.20. The van der Waals surface area contributed by atoms with Crippen LogP contribution in [-0.2, 0) is 0 Å². The highest BCUT2D eigenvalue weighted by atomic mass is 15.1. The quantitative estimate of drug-likeness (QED) is 0.734. The summed E-state index contributed by atoms with van der Waals surface area (Å²) in [6.07, 6.45) is 5.43. The van der Waals surface area contributed by atoms with Crippen molar-refractivity contribution in [1.82, 2.24) is 9.97 Å². The van der Waals surface area contributed by atoms with Crippen molar-refractivity contribution in [3.8, 4) is 6.07 Å². The summed E-state index contributed by atoms with van der Waals surface area (Å²) in [5, 5.41) is 11.8. The molecule has 4 nitrogen and oxygen atoms in total. The van der Waals surface area contributed by atoms with Crippen LogP contribution in [0.15, 0.2) is 12.4 Å².